The smallest absolute Gasteiger partial charge is 0.126 e. The Labute approximate surface area is 79.7 Å². The number of benzene rings is 1. The van der Waals surface area contributed by atoms with Gasteiger partial charge >= 0.3 is 0 Å². The number of rotatable bonds is 3. The summed E-state index contributed by atoms with van der Waals surface area (Å²) in [6.07, 6.45) is 0. The van der Waals surface area contributed by atoms with Gasteiger partial charge in [-0.1, -0.05) is 18.2 Å². The molecule has 1 rings (SSSR count). The van der Waals surface area contributed by atoms with Gasteiger partial charge in [-0.25, -0.2) is 0 Å². The van der Waals surface area contributed by atoms with E-state index >= 15 is 0 Å². The third-order valence-corrected chi connectivity index (χ3v) is 2.02. The SMILES string of the molecule is CCOc1c(C)cccc1C(C)N. The van der Waals surface area contributed by atoms with Crippen LogP contribution in [0, 0.1) is 6.92 Å². The highest BCUT2D eigenvalue weighted by Crippen LogP contribution is 2.27. The first-order valence-corrected chi connectivity index (χ1v) is 4.64. The molecule has 0 saturated carbocycles. The average molecular weight is 179 g/mol. The van der Waals surface area contributed by atoms with Crippen LogP contribution in [0.3, 0.4) is 0 Å². The van der Waals surface area contributed by atoms with Crippen LogP contribution in [0.1, 0.15) is 31.0 Å². The molecule has 72 valence electrons. The zero-order valence-corrected chi connectivity index (χ0v) is 8.50. The molecule has 1 aromatic rings. The fourth-order valence-electron chi connectivity index (χ4n) is 1.38. The van der Waals surface area contributed by atoms with Gasteiger partial charge in [0.05, 0.1) is 6.61 Å². The van der Waals surface area contributed by atoms with Gasteiger partial charge in [-0.05, 0) is 26.3 Å². The zero-order chi connectivity index (χ0) is 9.84. The first-order valence-electron chi connectivity index (χ1n) is 4.64. The van der Waals surface area contributed by atoms with Crippen molar-refractivity contribution in [2.24, 2.45) is 5.73 Å². The minimum absolute atomic E-state index is 0.0291. The van der Waals surface area contributed by atoms with Crippen molar-refractivity contribution < 1.29 is 4.74 Å². The molecule has 0 spiro atoms. The predicted molar refractivity (Wildman–Crippen MR) is 55.0 cm³/mol. The maximum atomic E-state index is 5.83. The maximum absolute atomic E-state index is 5.83. The summed E-state index contributed by atoms with van der Waals surface area (Å²) in [6, 6.07) is 6.09. The summed E-state index contributed by atoms with van der Waals surface area (Å²) in [5.74, 6) is 0.944. The fraction of sp³-hybridized carbons (Fsp3) is 0.455. The molecule has 0 aliphatic heterocycles. The third kappa shape index (κ3) is 2.22. The van der Waals surface area contributed by atoms with E-state index < -0.39 is 0 Å². The van der Waals surface area contributed by atoms with Gasteiger partial charge in [0.2, 0.25) is 0 Å². The molecule has 2 N–H and O–H groups in total. The Kier molecular flexibility index (Phi) is 3.32. The second-order valence-corrected chi connectivity index (χ2v) is 3.21. The highest BCUT2D eigenvalue weighted by Gasteiger charge is 2.09. The lowest BCUT2D eigenvalue weighted by atomic mass is 10.0. The van der Waals surface area contributed by atoms with Crippen molar-refractivity contribution in [3.8, 4) is 5.75 Å². The van der Waals surface area contributed by atoms with Gasteiger partial charge < -0.3 is 10.5 Å². The number of para-hydroxylation sites is 1. The molecular formula is C11H17NO. The molecular weight excluding hydrogens is 162 g/mol. The van der Waals surface area contributed by atoms with Gasteiger partial charge in [-0.15, -0.1) is 0 Å². The lowest BCUT2D eigenvalue weighted by Gasteiger charge is -2.15. The monoisotopic (exact) mass is 179 g/mol. The van der Waals surface area contributed by atoms with E-state index in [4.69, 9.17) is 10.5 Å². The van der Waals surface area contributed by atoms with Crippen LogP contribution in [0.5, 0.6) is 5.75 Å². The summed E-state index contributed by atoms with van der Waals surface area (Å²) in [5.41, 5.74) is 8.07. The molecule has 0 aliphatic carbocycles. The molecule has 0 bridgehead atoms. The summed E-state index contributed by atoms with van der Waals surface area (Å²) < 4.78 is 5.55. The normalized spacial score (nSPS) is 12.6. The van der Waals surface area contributed by atoms with Crippen LogP contribution in [0.25, 0.3) is 0 Å². The van der Waals surface area contributed by atoms with Crippen LogP contribution in [-0.2, 0) is 0 Å². The van der Waals surface area contributed by atoms with Crippen molar-refractivity contribution in [1.82, 2.24) is 0 Å². The molecule has 2 nitrogen and oxygen atoms in total. The quantitative estimate of drug-likeness (QED) is 0.773. The van der Waals surface area contributed by atoms with E-state index in [2.05, 4.69) is 0 Å². The van der Waals surface area contributed by atoms with Gasteiger partial charge in [0.15, 0.2) is 0 Å². The van der Waals surface area contributed by atoms with Crippen molar-refractivity contribution in [3.05, 3.63) is 29.3 Å². The topological polar surface area (TPSA) is 35.2 Å². The van der Waals surface area contributed by atoms with Crippen LogP contribution in [0.15, 0.2) is 18.2 Å². The second-order valence-electron chi connectivity index (χ2n) is 3.21. The molecule has 0 aliphatic rings. The lowest BCUT2D eigenvalue weighted by Crippen LogP contribution is -2.08. The van der Waals surface area contributed by atoms with Crippen molar-refractivity contribution in [3.63, 3.8) is 0 Å². The van der Waals surface area contributed by atoms with Gasteiger partial charge in [0, 0.05) is 11.6 Å². The van der Waals surface area contributed by atoms with Gasteiger partial charge in [0.25, 0.3) is 0 Å². The highest BCUT2D eigenvalue weighted by molar-refractivity contribution is 5.42. The average Bonchev–Trinajstić information content (AvgIpc) is 2.08. The van der Waals surface area contributed by atoms with E-state index in [1.807, 2.05) is 39.0 Å². The van der Waals surface area contributed by atoms with Crippen molar-refractivity contribution >= 4 is 0 Å². The minimum atomic E-state index is 0.0291. The number of hydrogen-bond acceptors (Lipinski definition) is 2. The summed E-state index contributed by atoms with van der Waals surface area (Å²) in [5, 5.41) is 0. The molecule has 1 unspecified atom stereocenters. The summed E-state index contributed by atoms with van der Waals surface area (Å²) in [7, 11) is 0. The molecule has 2 heteroatoms. The third-order valence-electron chi connectivity index (χ3n) is 2.02. The standard InChI is InChI=1S/C11H17NO/c1-4-13-11-8(2)6-5-7-10(11)9(3)12/h5-7,9H,4,12H2,1-3H3. The zero-order valence-electron chi connectivity index (χ0n) is 8.50. The number of nitrogens with two attached hydrogens (primary N) is 1. The summed E-state index contributed by atoms with van der Waals surface area (Å²) >= 11 is 0. The fourth-order valence-corrected chi connectivity index (χ4v) is 1.38. The van der Waals surface area contributed by atoms with Crippen LogP contribution in [-0.4, -0.2) is 6.61 Å². The Morgan fingerprint density at radius 3 is 2.69 bits per heavy atom. The van der Waals surface area contributed by atoms with E-state index in [1.165, 1.54) is 0 Å². The first kappa shape index (κ1) is 10.1. The Hall–Kier alpha value is -1.02. The van der Waals surface area contributed by atoms with E-state index in [0.717, 1.165) is 16.9 Å². The minimum Gasteiger partial charge on any atom is -0.493 e. The van der Waals surface area contributed by atoms with Gasteiger partial charge in [-0.2, -0.15) is 0 Å². The molecule has 0 heterocycles. The molecule has 1 aromatic carbocycles. The maximum Gasteiger partial charge on any atom is 0.126 e. The Bertz CT molecular complexity index is 281. The van der Waals surface area contributed by atoms with Crippen LogP contribution in [0.4, 0.5) is 0 Å². The van der Waals surface area contributed by atoms with Crippen molar-refractivity contribution in [2.45, 2.75) is 26.8 Å². The van der Waals surface area contributed by atoms with Crippen LogP contribution >= 0.6 is 0 Å². The molecule has 13 heavy (non-hydrogen) atoms. The van der Waals surface area contributed by atoms with Crippen LogP contribution < -0.4 is 10.5 Å². The summed E-state index contributed by atoms with van der Waals surface area (Å²) in [6.45, 7) is 6.68. The van der Waals surface area contributed by atoms with Crippen molar-refractivity contribution in [1.29, 1.82) is 0 Å². The number of aryl methyl sites for hydroxylation is 1. The van der Waals surface area contributed by atoms with E-state index in [-0.39, 0.29) is 6.04 Å². The predicted octanol–water partition coefficient (Wildman–Crippen LogP) is 2.41. The van der Waals surface area contributed by atoms with Crippen LogP contribution in [0.2, 0.25) is 0 Å². The largest absolute Gasteiger partial charge is 0.493 e. The molecule has 0 amide bonds. The number of hydrogen-bond donors (Lipinski definition) is 1. The van der Waals surface area contributed by atoms with Crippen molar-refractivity contribution in [2.75, 3.05) is 6.61 Å². The van der Waals surface area contributed by atoms with E-state index in [0.29, 0.717) is 6.61 Å². The van der Waals surface area contributed by atoms with Gasteiger partial charge in [-0.3, -0.25) is 0 Å². The van der Waals surface area contributed by atoms with E-state index in [1.54, 1.807) is 0 Å². The van der Waals surface area contributed by atoms with E-state index in [9.17, 15) is 0 Å². The molecule has 0 fully saturated rings. The molecule has 0 saturated heterocycles. The molecule has 0 radical (unpaired) electrons. The lowest BCUT2D eigenvalue weighted by molar-refractivity contribution is 0.332. The second kappa shape index (κ2) is 4.28. The molecule has 0 aromatic heterocycles. The Morgan fingerprint density at radius 1 is 1.46 bits per heavy atom. The Balaban J connectivity index is 3.09. The number of ether oxygens (including phenoxy) is 1. The first-order chi connectivity index (χ1) is 6.16. The Morgan fingerprint density at radius 2 is 2.15 bits per heavy atom. The van der Waals surface area contributed by atoms with Gasteiger partial charge in [0.1, 0.15) is 5.75 Å². The highest BCUT2D eigenvalue weighted by atomic mass is 16.5. The molecule has 1 atom stereocenters. The summed E-state index contributed by atoms with van der Waals surface area (Å²) in [4.78, 5) is 0.